The Morgan fingerprint density at radius 2 is 1.82 bits per heavy atom. The molecule has 1 aromatic heterocycles. The molecule has 5 heteroatoms. The lowest BCUT2D eigenvalue weighted by atomic mass is 10.1. The van der Waals surface area contributed by atoms with Crippen molar-refractivity contribution in [3.05, 3.63) is 64.3 Å². The molecule has 3 rings (SSSR count). The van der Waals surface area contributed by atoms with E-state index in [0.717, 1.165) is 11.3 Å². The Morgan fingerprint density at radius 1 is 1.09 bits per heavy atom. The summed E-state index contributed by atoms with van der Waals surface area (Å²) >= 11 is 5.92. The van der Waals surface area contributed by atoms with E-state index in [1.807, 2.05) is 20.0 Å². The van der Waals surface area contributed by atoms with Gasteiger partial charge in [-0.05, 0) is 44.2 Å². The average Bonchev–Trinajstić information content (AvgIpc) is 2.95. The van der Waals surface area contributed by atoms with Crippen molar-refractivity contribution in [2.24, 2.45) is 0 Å². The van der Waals surface area contributed by atoms with Gasteiger partial charge in [-0.25, -0.2) is 4.68 Å². The molecule has 0 bridgehead atoms. The fraction of sp³-hybridized carbons (Fsp3) is 0.118. The molecule has 0 aliphatic heterocycles. The molecule has 1 heterocycles. The second-order valence-corrected chi connectivity index (χ2v) is 5.63. The molecule has 0 amide bonds. The number of aromatic nitrogens is 3. The van der Waals surface area contributed by atoms with Crippen LogP contribution in [0.15, 0.2) is 42.6 Å². The maximum atomic E-state index is 9.23. The van der Waals surface area contributed by atoms with Gasteiger partial charge >= 0.3 is 0 Å². The third-order valence-corrected chi connectivity index (χ3v) is 3.57. The van der Waals surface area contributed by atoms with Crippen molar-refractivity contribution in [2.45, 2.75) is 13.8 Å². The van der Waals surface area contributed by atoms with E-state index < -0.39 is 0 Å². The first-order valence-electron chi connectivity index (χ1n) is 6.78. The molecule has 22 heavy (non-hydrogen) atoms. The molecule has 0 N–H and O–H groups in total. The molecule has 2 aromatic carbocycles. The van der Waals surface area contributed by atoms with Crippen molar-refractivity contribution in [2.75, 3.05) is 0 Å². The fourth-order valence-electron chi connectivity index (χ4n) is 2.43. The molecule has 0 spiro atoms. The zero-order chi connectivity index (χ0) is 15.7. The molecule has 0 aliphatic rings. The van der Waals surface area contributed by atoms with Gasteiger partial charge in [0.2, 0.25) is 0 Å². The maximum absolute atomic E-state index is 9.23. The molecule has 108 valence electrons. The summed E-state index contributed by atoms with van der Waals surface area (Å²) in [7, 11) is 0. The zero-order valence-electron chi connectivity index (χ0n) is 12.2. The molecule has 0 unspecified atom stereocenters. The normalized spacial score (nSPS) is 10.5. The van der Waals surface area contributed by atoms with Crippen molar-refractivity contribution < 1.29 is 0 Å². The maximum Gasteiger partial charge on any atom is 0.113 e. The van der Waals surface area contributed by atoms with Crippen molar-refractivity contribution in [1.29, 1.82) is 5.26 Å². The van der Waals surface area contributed by atoms with Crippen molar-refractivity contribution in [3.63, 3.8) is 0 Å². The van der Waals surface area contributed by atoms with Crippen molar-refractivity contribution >= 4 is 11.6 Å². The third-order valence-electron chi connectivity index (χ3n) is 3.34. The molecule has 3 aromatic rings. The fourth-order valence-corrected chi connectivity index (χ4v) is 2.61. The van der Waals surface area contributed by atoms with Crippen LogP contribution in [-0.2, 0) is 0 Å². The Kier molecular flexibility index (Phi) is 3.66. The van der Waals surface area contributed by atoms with E-state index in [1.54, 1.807) is 22.9 Å². The standard InChI is InChI=1S/C17H13ClN4/c1-11-5-12(2)7-13(6-11)16-10-22(21-20-16)17-4-3-15(18)8-14(17)9-19/h3-8,10H,1-2H3. The van der Waals surface area contributed by atoms with Crippen LogP contribution in [0, 0.1) is 25.2 Å². The number of nitriles is 1. The number of rotatable bonds is 2. The number of aryl methyl sites for hydroxylation is 2. The van der Waals surface area contributed by atoms with E-state index >= 15 is 0 Å². The van der Waals surface area contributed by atoms with Crippen LogP contribution in [0.25, 0.3) is 16.9 Å². The molecular weight excluding hydrogens is 296 g/mol. The van der Waals surface area contributed by atoms with Crippen LogP contribution < -0.4 is 0 Å². The minimum Gasteiger partial charge on any atom is -0.219 e. The Hall–Kier alpha value is -2.64. The van der Waals surface area contributed by atoms with E-state index in [2.05, 4.69) is 34.6 Å². The highest BCUT2D eigenvalue weighted by molar-refractivity contribution is 6.30. The Labute approximate surface area is 133 Å². The van der Waals surface area contributed by atoms with E-state index in [-0.39, 0.29) is 0 Å². The lowest BCUT2D eigenvalue weighted by Crippen LogP contribution is -1.98. The molecular formula is C17H13ClN4. The van der Waals surface area contributed by atoms with Crippen LogP contribution in [0.5, 0.6) is 0 Å². The highest BCUT2D eigenvalue weighted by Crippen LogP contribution is 2.23. The Bertz CT molecular complexity index is 870. The van der Waals surface area contributed by atoms with Gasteiger partial charge in [0.05, 0.1) is 17.4 Å². The minimum atomic E-state index is 0.462. The SMILES string of the molecule is Cc1cc(C)cc(-c2cn(-c3ccc(Cl)cc3C#N)nn2)c1. The largest absolute Gasteiger partial charge is 0.219 e. The van der Waals surface area contributed by atoms with Crippen LogP contribution in [0.1, 0.15) is 16.7 Å². The highest BCUT2D eigenvalue weighted by Gasteiger charge is 2.10. The molecule has 0 aliphatic carbocycles. The summed E-state index contributed by atoms with van der Waals surface area (Å²) in [4.78, 5) is 0. The molecule has 0 radical (unpaired) electrons. The number of hydrogen-bond acceptors (Lipinski definition) is 3. The summed E-state index contributed by atoms with van der Waals surface area (Å²) in [6.45, 7) is 4.10. The van der Waals surface area contributed by atoms with Crippen LogP contribution in [-0.4, -0.2) is 15.0 Å². The van der Waals surface area contributed by atoms with Gasteiger partial charge in [0.1, 0.15) is 11.8 Å². The van der Waals surface area contributed by atoms with Gasteiger partial charge in [-0.1, -0.05) is 34.0 Å². The molecule has 4 nitrogen and oxygen atoms in total. The lowest BCUT2D eigenvalue weighted by molar-refractivity contribution is 0.802. The summed E-state index contributed by atoms with van der Waals surface area (Å²) in [5.41, 5.74) is 5.25. The predicted molar refractivity (Wildman–Crippen MR) is 86.0 cm³/mol. The second-order valence-electron chi connectivity index (χ2n) is 5.20. The first-order valence-corrected chi connectivity index (χ1v) is 7.15. The average molecular weight is 309 g/mol. The molecule has 0 fully saturated rings. The number of benzene rings is 2. The van der Waals surface area contributed by atoms with Crippen LogP contribution in [0.4, 0.5) is 0 Å². The monoisotopic (exact) mass is 308 g/mol. The van der Waals surface area contributed by atoms with Crippen LogP contribution >= 0.6 is 11.6 Å². The van der Waals surface area contributed by atoms with E-state index in [9.17, 15) is 5.26 Å². The van der Waals surface area contributed by atoms with Gasteiger partial charge < -0.3 is 0 Å². The van der Waals surface area contributed by atoms with Crippen LogP contribution in [0.2, 0.25) is 5.02 Å². The summed E-state index contributed by atoms with van der Waals surface area (Å²) < 4.78 is 1.60. The van der Waals surface area contributed by atoms with E-state index in [0.29, 0.717) is 16.3 Å². The third kappa shape index (κ3) is 2.72. The lowest BCUT2D eigenvalue weighted by Gasteiger charge is -2.03. The Balaban J connectivity index is 2.06. The van der Waals surface area contributed by atoms with E-state index in [1.165, 1.54) is 11.1 Å². The van der Waals surface area contributed by atoms with Gasteiger partial charge in [-0.3, -0.25) is 0 Å². The Morgan fingerprint density at radius 3 is 2.50 bits per heavy atom. The first kappa shape index (κ1) is 14.3. The number of nitrogens with zero attached hydrogens (tertiary/aromatic N) is 4. The van der Waals surface area contributed by atoms with Crippen molar-refractivity contribution in [3.8, 4) is 23.0 Å². The van der Waals surface area contributed by atoms with Gasteiger partial charge in [0.15, 0.2) is 0 Å². The highest BCUT2D eigenvalue weighted by atomic mass is 35.5. The number of hydrogen-bond donors (Lipinski definition) is 0. The van der Waals surface area contributed by atoms with Gasteiger partial charge in [0.25, 0.3) is 0 Å². The summed E-state index contributed by atoms with van der Waals surface area (Å²) in [6.07, 6.45) is 1.82. The van der Waals surface area contributed by atoms with Crippen molar-refractivity contribution in [1.82, 2.24) is 15.0 Å². The summed E-state index contributed by atoms with van der Waals surface area (Å²) in [5.74, 6) is 0. The second kappa shape index (κ2) is 5.63. The van der Waals surface area contributed by atoms with E-state index in [4.69, 9.17) is 11.6 Å². The molecule has 0 atom stereocenters. The molecule has 0 saturated heterocycles. The van der Waals surface area contributed by atoms with Gasteiger partial charge in [-0.15, -0.1) is 5.10 Å². The predicted octanol–water partition coefficient (Wildman–Crippen LogP) is 4.08. The summed E-state index contributed by atoms with van der Waals surface area (Å²) in [5, 5.41) is 18.1. The topological polar surface area (TPSA) is 54.5 Å². The van der Waals surface area contributed by atoms with Gasteiger partial charge in [-0.2, -0.15) is 5.26 Å². The smallest absolute Gasteiger partial charge is 0.113 e. The van der Waals surface area contributed by atoms with Crippen LogP contribution in [0.3, 0.4) is 0 Å². The quantitative estimate of drug-likeness (QED) is 0.717. The first-order chi connectivity index (χ1) is 10.6. The zero-order valence-corrected chi connectivity index (χ0v) is 13.0. The molecule has 0 saturated carbocycles. The minimum absolute atomic E-state index is 0.462. The summed E-state index contributed by atoms with van der Waals surface area (Å²) in [6, 6.07) is 13.5. The number of halogens is 1. The van der Waals surface area contributed by atoms with Gasteiger partial charge in [0, 0.05) is 10.6 Å².